The fourth-order valence-corrected chi connectivity index (χ4v) is 2.82. The second kappa shape index (κ2) is 5.89. The number of alkyl halides is 1. The molecule has 1 aliphatic rings. The third kappa shape index (κ3) is 2.78. The normalized spacial score (nSPS) is 20.5. The third-order valence-corrected chi connectivity index (χ3v) is 3.95. The molecule has 4 heteroatoms. The van der Waals surface area contributed by atoms with Crippen molar-refractivity contribution in [1.29, 1.82) is 0 Å². The van der Waals surface area contributed by atoms with Crippen molar-refractivity contribution in [1.82, 2.24) is 4.90 Å². The van der Waals surface area contributed by atoms with Gasteiger partial charge in [0.25, 0.3) is 0 Å². The zero-order valence-electron chi connectivity index (χ0n) is 11.0. The zero-order chi connectivity index (χ0) is 13.1. The van der Waals surface area contributed by atoms with Crippen LogP contribution in [0.25, 0.3) is 0 Å². The monoisotopic (exact) mass is 270 g/mol. The molecule has 1 saturated heterocycles. The lowest BCUT2D eigenvalue weighted by Gasteiger charge is -2.38. The third-order valence-electron chi connectivity index (χ3n) is 3.66. The van der Waals surface area contributed by atoms with Gasteiger partial charge in [-0.25, -0.2) is 4.39 Å². The van der Waals surface area contributed by atoms with E-state index in [9.17, 15) is 4.39 Å². The van der Waals surface area contributed by atoms with Crippen LogP contribution >= 0.6 is 11.6 Å². The van der Waals surface area contributed by atoms with Crippen LogP contribution in [0.1, 0.15) is 18.4 Å². The van der Waals surface area contributed by atoms with Crippen molar-refractivity contribution in [2.24, 2.45) is 0 Å². The molecule has 0 N–H and O–H groups in total. The van der Waals surface area contributed by atoms with E-state index < -0.39 is 0 Å². The van der Waals surface area contributed by atoms with E-state index in [2.05, 4.69) is 23.9 Å². The Morgan fingerprint density at radius 3 is 2.89 bits per heavy atom. The summed E-state index contributed by atoms with van der Waals surface area (Å²) in [5, 5.41) is 0. The summed E-state index contributed by atoms with van der Waals surface area (Å²) in [5.74, 6) is 0.198. The first-order valence-corrected chi connectivity index (χ1v) is 6.91. The highest BCUT2D eigenvalue weighted by Gasteiger charge is 2.24. The number of hydrogen-bond acceptors (Lipinski definition) is 2. The fourth-order valence-electron chi connectivity index (χ4n) is 2.60. The molecule has 1 aromatic carbocycles. The van der Waals surface area contributed by atoms with Crippen LogP contribution in [0, 0.1) is 5.82 Å². The highest BCUT2D eigenvalue weighted by atomic mass is 35.5. The van der Waals surface area contributed by atoms with E-state index in [1.54, 1.807) is 6.07 Å². The van der Waals surface area contributed by atoms with Crippen LogP contribution in [-0.2, 0) is 5.88 Å². The van der Waals surface area contributed by atoms with E-state index in [4.69, 9.17) is 11.6 Å². The minimum atomic E-state index is -0.160. The molecule has 0 amide bonds. The van der Waals surface area contributed by atoms with Crippen molar-refractivity contribution >= 4 is 17.3 Å². The van der Waals surface area contributed by atoms with E-state index >= 15 is 0 Å². The summed E-state index contributed by atoms with van der Waals surface area (Å²) in [6.07, 6.45) is 2.27. The van der Waals surface area contributed by atoms with Crippen LogP contribution in [0.2, 0.25) is 0 Å². The van der Waals surface area contributed by atoms with Crippen molar-refractivity contribution < 1.29 is 4.39 Å². The number of hydrogen-bond donors (Lipinski definition) is 0. The Balaban J connectivity index is 2.25. The van der Waals surface area contributed by atoms with E-state index in [1.807, 2.05) is 6.07 Å². The summed E-state index contributed by atoms with van der Waals surface area (Å²) in [7, 11) is 4.16. The lowest BCUT2D eigenvalue weighted by atomic mass is 10.0. The predicted molar refractivity (Wildman–Crippen MR) is 74.9 cm³/mol. The average molecular weight is 271 g/mol. The molecular formula is C14H20ClFN2. The van der Waals surface area contributed by atoms with Gasteiger partial charge in [0.15, 0.2) is 0 Å². The molecule has 1 fully saturated rings. The molecule has 1 unspecified atom stereocenters. The zero-order valence-corrected chi connectivity index (χ0v) is 11.8. The number of piperidine rings is 1. The van der Waals surface area contributed by atoms with Crippen LogP contribution in [-0.4, -0.2) is 38.1 Å². The first-order chi connectivity index (χ1) is 8.63. The molecule has 18 heavy (non-hydrogen) atoms. The maximum atomic E-state index is 14.0. The Hall–Kier alpha value is -0.800. The predicted octanol–water partition coefficient (Wildman–Crippen LogP) is 3.09. The number of rotatable bonds is 3. The van der Waals surface area contributed by atoms with Gasteiger partial charge < -0.3 is 9.80 Å². The molecule has 1 atom stereocenters. The van der Waals surface area contributed by atoms with E-state index in [0.717, 1.165) is 25.1 Å². The second-order valence-electron chi connectivity index (χ2n) is 5.09. The Bertz CT molecular complexity index is 409. The molecule has 100 valence electrons. The van der Waals surface area contributed by atoms with E-state index in [0.29, 0.717) is 17.6 Å². The number of anilines is 1. The first kappa shape index (κ1) is 13.6. The smallest absolute Gasteiger partial charge is 0.146 e. The molecule has 1 heterocycles. The number of likely N-dealkylation sites (N-methyl/N-ethyl adjacent to an activating group) is 1. The van der Waals surface area contributed by atoms with Gasteiger partial charge in [0.1, 0.15) is 5.82 Å². The van der Waals surface area contributed by atoms with E-state index in [1.165, 1.54) is 12.5 Å². The van der Waals surface area contributed by atoms with Gasteiger partial charge in [-0.3, -0.25) is 0 Å². The number of halogens is 2. The SMILES string of the molecule is CN(C)C1CCCN(c2c(F)cccc2CCl)C1. The molecule has 0 saturated carbocycles. The molecule has 2 nitrogen and oxygen atoms in total. The maximum Gasteiger partial charge on any atom is 0.146 e. The molecule has 0 aromatic heterocycles. The van der Waals surface area contributed by atoms with Gasteiger partial charge >= 0.3 is 0 Å². The van der Waals surface area contributed by atoms with Crippen LogP contribution in [0.15, 0.2) is 18.2 Å². The van der Waals surface area contributed by atoms with Crippen molar-refractivity contribution in [2.75, 3.05) is 32.1 Å². The fraction of sp³-hybridized carbons (Fsp3) is 0.571. The van der Waals surface area contributed by atoms with Gasteiger partial charge in [0.2, 0.25) is 0 Å². The Morgan fingerprint density at radius 1 is 1.44 bits per heavy atom. The van der Waals surface area contributed by atoms with Gasteiger partial charge in [-0.2, -0.15) is 0 Å². The van der Waals surface area contributed by atoms with Crippen LogP contribution < -0.4 is 4.90 Å². The van der Waals surface area contributed by atoms with Crippen LogP contribution in [0.4, 0.5) is 10.1 Å². The maximum absolute atomic E-state index is 14.0. The van der Waals surface area contributed by atoms with Gasteiger partial charge in [0, 0.05) is 25.0 Å². The molecule has 1 aromatic rings. The number of nitrogens with zero attached hydrogens (tertiary/aromatic N) is 2. The van der Waals surface area contributed by atoms with Crippen molar-refractivity contribution in [2.45, 2.75) is 24.8 Å². The van der Waals surface area contributed by atoms with Crippen molar-refractivity contribution in [3.8, 4) is 0 Å². The van der Waals surface area contributed by atoms with Gasteiger partial charge in [-0.05, 0) is 38.6 Å². The van der Waals surface area contributed by atoms with Crippen LogP contribution in [0.3, 0.4) is 0 Å². The Labute approximate surface area is 113 Å². The molecule has 0 radical (unpaired) electrons. The van der Waals surface area contributed by atoms with Gasteiger partial charge in [-0.1, -0.05) is 12.1 Å². The van der Waals surface area contributed by atoms with Crippen molar-refractivity contribution in [3.05, 3.63) is 29.6 Å². The summed E-state index contributed by atoms with van der Waals surface area (Å²) in [4.78, 5) is 4.36. The molecule has 0 bridgehead atoms. The van der Waals surface area contributed by atoms with Gasteiger partial charge in [-0.15, -0.1) is 11.6 Å². The molecule has 2 rings (SSSR count). The minimum absolute atomic E-state index is 0.160. The second-order valence-corrected chi connectivity index (χ2v) is 5.35. The number of benzene rings is 1. The molecule has 0 spiro atoms. The highest BCUT2D eigenvalue weighted by molar-refractivity contribution is 6.17. The number of para-hydroxylation sites is 1. The summed E-state index contributed by atoms with van der Waals surface area (Å²) >= 11 is 5.92. The standard InChI is InChI=1S/C14H20ClFN2/c1-17(2)12-6-4-8-18(10-12)14-11(9-15)5-3-7-13(14)16/h3,5,7,12H,4,6,8-10H2,1-2H3. The summed E-state index contributed by atoms with van der Waals surface area (Å²) in [6.45, 7) is 1.78. The lowest BCUT2D eigenvalue weighted by molar-refractivity contribution is 0.257. The summed E-state index contributed by atoms with van der Waals surface area (Å²) < 4.78 is 14.0. The molecule has 1 aliphatic heterocycles. The quantitative estimate of drug-likeness (QED) is 0.779. The first-order valence-electron chi connectivity index (χ1n) is 6.38. The topological polar surface area (TPSA) is 6.48 Å². The van der Waals surface area contributed by atoms with E-state index in [-0.39, 0.29) is 5.82 Å². The van der Waals surface area contributed by atoms with Crippen molar-refractivity contribution in [3.63, 3.8) is 0 Å². The molecular weight excluding hydrogens is 251 g/mol. The van der Waals surface area contributed by atoms with Crippen LogP contribution in [0.5, 0.6) is 0 Å². The Morgan fingerprint density at radius 2 is 2.22 bits per heavy atom. The highest BCUT2D eigenvalue weighted by Crippen LogP contribution is 2.29. The largest absolute Gasteiger partial charge is 0.367 e. The summed E-state index contributed by atoms with van der Waals surface area (Å²) in [5.41, 5.74) is 1.58. The molecule has 0 aliphatic carbocycles. The lowest BCUT2D eigenvalue weighted by Crippen LogP contribution is -2.45. The van der Waals surface area contributed by atoms with Gasteiger partial charge in [0.05, 0.1) is 5.69 Å². The summed E-state index contributed by atoms with van der Waals surface area (Å²) in [6, 6.07) is 5.64. The average Bonchev–Trinajstić information content (AvgIpc) is 2.38. The minimum Gasteiger partial charge on any atom is -0.367 e. The Kier molecular flexibility index (Phi) is 4.46.